The minimum absolute atomic E-state index is 0.0441. The summed E-state index contributed by atoms with van der Waals surface area (Å²) >= 11 is 3.17. The van der Waals surface area contributed by atoms with Crippen LogP contribution in [0.25, 0.3) is 0 Å². The predicted molar refractivity (Wildman–Crippen MR) is 79.2 cm³/mol. The van der Waals surface area contributed by atoms with Gasteiger partial charge in [0, 0.05) is 6.54 Å². The van der Waals surface area contributed by atoms with Crippen LogP contribution in [0.1, 0.15) is 11.3 Å². The van der Waals surface area contributed by atoms with Crippen LogP contribution in [0.2, 0.25) is 0 Å². The van der Waals surface area contributed by atoms with Crippen molar-refractivity contribution in [1.29, 1.82) is 0 Å². The Morgan fingerprint density at radius 1 is 1.35 bits per heavy atom. The summed E-state index contributed by atoms with van der Waals surface area (Å²) < 4.78 is 1.66. The van der Waals surface area contributed by atoms with Gasteiger partial charge in [0.15, 0.2) is 0 Å². The second-order valence-electron chi connectivity index (χ2n) is 4.34. The van der Waals surface area contributed by atoms with Crippen molar-refractivity contribution in [3.63, 3.8) is 0 Å². The molecule has 1 aromatic heterocycles. The number of hydrogen-bond donors (Lipinski definition) is 1. The van der Waals surface area contributed by atoms with Gasteiger partial charge in [0.05, 0.1) is 12.0 Å². The van der Waals surface area contributed by atoms with Crippen LogP contribution in [-0.2, 0) is 17.9 Å². The number of carbonyl (C=O) groups excluding carboxylic acids is 1. The minimum Gasteiger partial charge on any atom is -0.350 e. The highest BCUT2D eigenvalue weighted by atomic mass is 79.9. The molecule has 2 aromatic rings. The summed E-state index contributed by atoms with van der Waals surface area (Å²) in [6, 6.07) is 9.59. The van der Waals surface area contributed by atoms with Crippen molar-refractivity contribution >= 4 is 21.8 Å². The Hall–Kier alpha value is -1.95. The molecular weight excluding hydrogens is 322 g/mol. The number of aromatic nitrogens is 2. The molecule has 2 rings (SSSR count). The highest BCUT2D eigenvalue weighted by Crippen LogP contribution is 2.05. The Kier molecular flexibility index (Phi) is 4.68. The molecule has 0 fully saturated rings. The average Bonchev–Trinajstić information content (AvgIpc) is 2.47. The fourth-order valence-corrected chi connectivity index (χ4v) is 2.00. The van der Waals surface area contributed by atoms with Crippen LogP contribution in [0.4, 0.5) is 0 Å². The normalized spacial score (nSPS) is 10.3. The summed E-state index contributed by atoms with van der Waals surface area (Å²) in [7, 11) is 0. The van der Waals surface area contributed by atoms with Crippen molar-refractivity contribution in [3.8, 4) is 0 Å². The summed E-state index contributed by atoms with van der Waals surface area (Å²) in [6.07, 6.45) is 1.38. The molecule has 1 N–H and O–H groups in total. The molecule has 0 unspecified atom stereocenters. The Morgan fingerprint density at radius 3 is 2.75 bits per heavy atom. The predicted octanol–water partition coefficient (Wildman–Crippen LogP) is 1.63. The van der Waals surface area contributed by atoms with Crippen LogP contribution in [0.3, 0.4) is 0 Å². The second-order valence-corrected chi connectivity index (χ2v) is 5.13. The summed E-state index contributed by atoms with van der Waals surface area (Å²) in [6.45, 7) is 2.12. The lowest BCUT2D eigenvalue weighted by atomic mass is 10.2. The first kappa shape index (κ1) is 14.5. The molecule has 1 amide bonds. The average molecular weight is 336 g/mol. The molecular formula is C14H14BrN3O2. The van der Waals surface area contributed by atoms with Crippen molar-refractivity contribution in [2.75, 3.05) is 0 Å². The Balaban J connectivity index is 1.99. The van der Waals surface area contributed by atoms with E-state index in [1.807, 2.05) is 30.3 Å². The van der Waals surface area contributed by atoms with Gasteiger partial charge in [0.1, 0.15) is 11.0 Å². The third-order valence-electron chi connectivity index (χ3n) is 2.80. The van der Waals surface area contributed by atoms with E-state index in [2.05, 4.69) is 26.2 Å². The van der Waals surface area contributed by atoms with Gasteiger partial charge >= 0.3 is 0 Å². The quantitative estimate of drug-likeness (QED) is 0.923. The van der Waals surface area contributed by atoms with Gasteiger partial charge in [-0.25, -0.2) is 4.98 Å². The highest BCUT2D eigenvalue weighted by molar-refractivity contribution is 9.10. The van der Waals surface area contributed by atoms with E-state index >= 15 is 0 Å². The van der Waals surface area contributed by atoms with E-state index in [1.165, 1.54) is 10.9 Å². The maximum absolute atomic E-state index is 11.9. The zero-order valence-electron chi connectivity index (χ0n) is 11.0. The van der Waals surface area contributed by atoms with Crippen LogP contribution in [0, 0.1) is 6.92 Å². The molecule has 0 spiro atoms. The molecule has 0 saturated carbocycles. The highest BCUT2D eigenvalue weighted by Gasteiger charge is 2.08. The first-order chi connectivity index (χ1) is 9.58. The van der Waals surface area contributed by atoms with Crippen molar-refractivity contribution in [2.45, 2.75) is 20.0 Å². The van der Waals surface area contributed by atoms with E-state index in [0.717, 1.165) is 5.56 Å². The molecule has 0 aliphatic carbocycles. The summed E-state index contributed by atoms with van der Waals surface area (Å²) in [5, 5.41) is 2.77. The van der Waals surface area contributed by atoms with E-state index in [0.29, 0.717) is 16.7 Å². The molecule has 0 atom stereocenters. The lowest BCUT2D eigenvalue weighted by Crippen LogP contribution is -2.32. The number of rotatable bonds is 4. The fraction of sp³-hybridized carbons (Fsp3) is 0.214. The van der Waals surface area contributed by atoms with Gasteiger partial charge in [0.2, 0.25) is 5.91 Å². The summed E-state index contributed by atoms with van der Waals surface area (Å²) in [5.41, 5.74) is 1.36. The zero-order chi connectivity index (χ0) is 14.5. The Labute approximate surface area is 124 Å². The van der Waals surface area contributed by atoms with Crippen LogP contribution in [0.5, 0.6) is 0 Å². The second kappa shape index (κ2) is 6.47. The number of hydrogen-bond acceptors (Lipinski definition) is 3. The van der Waals surface area contributed by atoms with E-state index in [9.17, 15) is 9.59 Å². The monoisotopic (exact) mass is 335 g/mol. The molecule has 0 aliphatic rings. The van der Waals surface area contributed by atoms with Crippen LogP contribution < -0.4 is 10.9 Å². The molecule has 0 aliphatic heterocycles. The number of benzene rings is 1. The number of carbonyl (C=O) groups is 1. The Bertz CT molecular complexity index is 668. The standard InChI is InChI=1S/C14H14BrN3O2/c1-10-13(15)14(20)18(9-17-10)8-12(19)16-7-11-5-3-2-4-6-11/h2-6,9H,7-8H2,1H3,(H,16,19). The number of nitrogens with zero attached hydrogens (tertiary/aromatic N) is 2. The van der Waals surface area contributed by atoms with Gasteiger partial charge in [-0.3, -0.25) is 14.2 Å². The molecule has 20 heavy (non-hydrogen) atoms. The maximum atomic E-state index is 11.9. The molecule has 0 radical (unpaired) electrons. The Morgan fingerprint density at radius 2 is 2.05 bits per heavy atom. The van der Waals surface area contributed by atoms with Crippen molar-refractivity contribution < 1.29 is 4.79 Å². The smallest absolute Gasteiger partial charge is 0.268 e. The molecule has 1 heterocycles. The van der Waals surface area contributed by atoms with Gasteiger partial charge in [-0.05, 0) is 28.4 Å². The van der Waals surface area contributed by atoms with Crippen LogP contribution >= 0.6 is 15.9 Å². The third-order valence-corrected chi connectivity index (χ3v) is 3.72. The van der Waals surface area contributed by atoms with Crippen molar-refractivity contribution in [3.05, 3.63) is 62.7 Å². The fourth-order valence-electron chi connectivity index (χ4n) is 1.67. The minimum atomic E-state index is -0.257. The maximum Gasteiger partial charge on any atom is 0.268 e. The number of aryl methyl sites for hydroxylation is 1. The number of nitrogens with one attached hydrogen (secondary N) is 1. The number of amides is 1. The van der Waals surface area contributed by atoms with Gasteiger partial charge in [-0.2, -0.15) is 0 Å². The van der Waals surface area contributed by atoms with E-state index < -0.39 is 0 Å². The van der Waals surface area contributed by atoms with Crippen molar-refractivity contribution in [1.82, 2.24) is 14.9 Å². The summed E-state index contributed by atoms with van der Waals surface area (Å²) in [4.78, 5) is 27.8. The lowest BCUT2D eigenvalue weighted by Gasteiger charge is -2.08. The summed E-state index contributed by atoms with van der Waals surface area (Å²) in [5.74, 6) is -0.228. The van der Waals surface area contributed by atoms with Gasteiger partial charge < -0.3 is 5.32 Å². The number of halogens is 1. The molecule has 0 saturated heterocycles. The lowest BCUT2D eigenvalue weighted by molar-refractivity contribution is -0.121. The topological polar surface area (TPSA) is 64.0 Å². The van der Waals surface area contributed by atoms with Crippen molar-refractivity contribution in [2.24, 2.45) is 0 Å². The van der Waals surface area contributed by atoms with Gasteiger partial charge in [-0.1, -0.05) is 30.3 Å². The SMILES string of the molecule is Cc1ncn(CC(=O)NCc2ccccc2)c(=O)c1Br. The molecule has 1 aromatic carbocycles. The van der Waals surface area contributed by atoms with Crippen LogP contribution in [-0.4, -0.2) is 15.5 Å². The first-order valence-corrected chi connectivity index (χ1v) is 6.89. The molecule has 104 valence electrons. The third kappa shape index (κ3) is 3.54. The molecule has 6 heteroatoms. The zero-order valence-corrected chi connectivity index (χ0v) is 12.6. The largest absolute Gasteiger partial charge is 0.350 e. The molecule has 5 nitrogen and oxygen atoms in total. The van der Waals surface area contributed by atoms with E-state index in [-0.39, 0.29) is 18.0 Å². The van der Waals surface area contributed by atoms with E-state index in [1.54, 1.807) is 6.92 Å². The van der Waals surface area contributed by atoms with Gasteiger partial charge in [0.25, 0.3) is 5.56 Å². The van der Waals surface area contributed by atoms with Crippen LogP contribution in [0.15, 0.2) is 45.9 Å². The first-order valence-electron chi connectivity index (χ1n) is 6.10. The van der Waals surface area contributed by atoms with E-state index in [4.69, 9.17) is 0 Å². The molecule has 0 bridgehead atoms. The van der Waals surface area contributed by atoms with Gasteiger partial charge in [-0.15, -0.1) is 0 Å².